The maximum atomic E-state index is 8.82. The van der Waals surface area contributed by atoms with E-state index >= 15 is 0 Å². The number of halogens is 1. The molecular formula is C44H59ClNP. The molecule has 0 bridgehead atoms. The van der Waals surface area contributed by atoms with Gasteiger partial charge >= 0.3 is 215 Å². The van der Waals surface area contributed by atoms with Gasteiger partial charge in [0.1, 0.15) is 0 Å². The van der Waals surface area contributed by atoms with E-state index in [-0.39, 0.29) is 0 Å². The van der Waals surface area contributed by atoms with Gasteiger partial charge in [-0.1, -0.05) is 48.5 Å². The quantitative estimate of drug-likeness (QED) is 0.213. The summed E-state index contributed by atoms with van der Waals surface area (Å²) in [7, 11) is 0. The summed E-state index contributed by atoms with van der Waals surface area (Å²) in [6.45, 7) is 12.2. The van der Waals surface area contributed by atoms with Crippen molar-refractivity contribution < 1.29 is 0 Å². The molecule has 2 N–H and O–H groups in total. The molecule has 0 radical (unpaired) electrons. The van der Waals surface area contributed by atoms with Gasteiger partial charge in [-0.2, -0.15) is 0 Å². The molecule has 3 aromatic rings. The van der Waals surface area contributed by atoms with Crippen LogP contribution in [-0.2, 0) is 0 Å². The van der Waals surface area contributed by atoms with Gasteiger partial charge in [0.05, 0.1) is 0 Å². The molecule has 252 valence electrons. The molecule has 1 heterocycles. The van der Waals surface area contributed by atoms with Gasteiger partial charge < -0.3 is 5.73 Å². The third kappa shape index (κ3) is 6.08. The van der Waals surface area contributed by atoms with E-state index in [1.165, 1.54) is 69.8 Å². The van der Waals surface area contributed by atoms with Crippen LogP contribution < -0.4 is 11.0 Å². The Hall–Kier alpha value is -2.34. The molecule has 0 spiro atoms. The van der Waals surface area contributed by atoms with E-state index in [1.54, 1.807) is 22.0 Å². The van der Waals surface area contributed by atoms with Crippen molar-refractivity contribution in [3.63, 3.8) is 0 Å². The van der Waals surface area contributed by atoms with Crippen LogP contribution in [0.5, 0.6) is 0 Å². The number of nitrogen functional groups attached to an aromatic ring is 1. The predicted molar refractivity (Wildman–Crippen MR) is 210 cm³/mol. The van der Waals surface area contributed by atoms with Crippen LogP contribution >= 0.6 is 17.2 Å². The Kier molecular flexibility index (Phi) is 10.5. The van der Waals surface area contributed by atoms with Crippen molar-refractivity contribution in [2.24, 2.45) is 17.8 Å². The van der Waals surface area contributed by atoms with E-state index in [0.29, 0.717) is 40.6 Å². The number of rotatable bonds is 5. The molecule has 0 amide bonds. The van der Waals surface area contributed by atoms with Crippen LogP contribution in [0, 0.1) is 17.8 Å². The van der Waals surface area contributed by atoms with Gasteiger partial charge in [-0.15, -0.1) is 0 Å². The summed E-state index contributed by atoms with van der Waals surface area (Å²) in [5.41, 5.74) is 15.7. The number of hydrogen-bond acceptors (Lipinski definition) is 1. The Morgan fingerprint density at radius 1 is 0.702 bits per heavy atom. The van der Waals surface area contributed by atoms with Crippen molar-refractivity contribution in [1.82, 2.24) is 0 Å². The molecule has 3 unspecified atom stereocenters. The standard InChI is InChI=1S/C32H48ClP.C12H11N/c1-22(2)25-20-29(23(3)4)32-28-18-12-13-19-31(28)34(33,24(5)30(32)21-25,26-14-8-6-9-15-26)27-16-10-7-11-17-27;13-12-9-5-4-8-11(12)10-6-2-1-3-7-10/h12-13,18-24,26-27,29,32H,6-11,14-17H2,1-5H3;1-9H,13H2. The van der Waals surface area contributed by atoms with Crippen molar-refractivity contribution in [1.29, 1.82) is 0 Å². The predicted octanol–water partition coefficient (Wildman–Crippen LogP) is 12.9. The van der Waals surface area contributed by atoms with Gasteiger partial charge in [-0.05, 0) is 11.6 Å². The summed E-state index contributed by atoms with van der Waals surface area (Å²) in [4.78, 5) is 0. The minimum Gasteiger partial charge on any atom is -0.398 e. The number of benzene rings is 3. The van der Waals surface area contributed by atoms with E-state index in [4.69, 9.17) is 17.0 Å². The van der Waals surface area contributed by atoms with Gasteiger partial charge in [0.2, 0.25) is 0 Å². The van der Waals surface area contributed by atoms with E-state index in [1.807, 2.05) is 42.5 Å². The zero-order valence-electron chi connectivity index (χ0n) is 29.7. The van der Waals surface area contributed by atoms with E-state index in [0.717, 1.165) is 11.3 Å². The number of fused-ring (bicyclic) bond motifs is 3. The minimum absolute atomic E-state index is 0.502. The molecule has 1 nitrogen and oxygen atoms in total. The summed E-state index contributed by atoms with van der Waals surface area (Å²) in [5.74, 6) is -0.504. The Bertz CT molecular complexity index is 1560. The van der Waals surface area contributed by atoms with Crippen LogP contribution in [0.3, 0.4) is 0 Å². The monoisotopic (exact) mass is 667 g/mol. The summed E-state index contributed by atoms with van der Waals surface area (Å²) in [6, 6.07) is 27.7. The molecule has 0 aromatic heterocycles. The first-order valence-corrected chi connectivity index (χ1v) is 22.2. The normalized spacial score (nSPS) is 26.5. The van der Waals surface area contributed by atoms with Crippen LogP contribution in [0.1, 0.15) is 110 Å². The van der Waals surface area contributed by atoms with Gasteiger partial charge in [0, 0.05) is 11.3 Å². The number of hydrogen-bond donors (Lipinski definition) is 1. The number of nitrogens with two attached hydrogens (primary N) is 1. The van der Waals surface area contributed by atoms with Gasteiger partial charge in [-0.3, -0.25) is 0 Å². The zero-order valence-corrected chi connectivity index (χ0v) is 31.3. The molecule has 2 saturated carbocycles. The first kappa shape index (κ1) is 34.5. The third-order valence-electron chi connectivity index (χ3n) is 12.6. The Morgan fingerprint density at radius 2 is 1.26 bits per heavy atom. The number of anilines is 1. The minimum atomic E-state index is -2.79. The van der Waals surface area contributed by atoms with Crippen LogP contribution in [0.2, 0.25) is 0 Å². The Balaban J connectivity index is 0.000000248. The molecule has 3 heteroatoms. The maximum Gasteiger partial charge on any atom is 0.0393 e. The molecule has 47 heavy (non-hydrogen) atoms. The smallest absolute Gasteiger partial charge is 0.0393 e. The van der Waals surface area contributed by atoms with Gasteiger partial charge in [0.15, 0.2) is 0 Å². The van der Waals surface area contributed by atoms with Crippen molar-refractivity contribution in [2.45, 2.75) is 122 Å². The molecule has 4 aliphatic rings. The molecule has 3 atom stereocenters. The second-order valence-corrected chi connectivity index (χ2v) is 23.2. The summed E-state index contributed by atoms with van der Waals surface area (Å²) in [5, 5.41) is 1.66. The SMILES string of the molecule is CC(C)C1=CC(C(C)C)C2C(=C1)C(C)P(Cl)(C1CCCCC1)(C1CCCCC1)c1ccccc12.Nc1ccccc1-c1ccccc1. The van der Waals surface area contributed by atoms with Crippen molar-refractivity contribution >= 4 is 28.2 Å². The molecule has 1 aliphatic heterocycles. The first-order valence-electron chi connectivity index (χ1n) is 18.8. The largest absolute Gasteiger partial charge is 0.398 e. The molecular weight excluding hydrogens is 609 g/mol. The fourth-order valence-electron chi connectivity index (χ4n) is 10.2. The van der Waals surface area contributed by atoms with E-state index in [2.05, 4.69) is 83.2 Å². The molecule has 3 aliphatic carbocycles. The first-order chi connectivity index (χ1) is 22.7. The summed E-state index contributed by atoms with van der Waals surface area (Å²) >= 11 is 8.82. The van der Waals surface area contributed by atoms with Crippen LogP contribution in [0.4, 0.5) is 5.69 Å². The van der Waals surface area contributed by atoms with Crippen molar-refractivity contribution in [3.8, 4) is 11.1 Å². The maximum absolute atomic E-state index is 8.82. The number of allylic oxidation sites excluding steroid dienone is 4. The van der Waals surface area contributed by atoms with Crippen LogP contribution in [0.15, 0.2) is 102 Å². The van der Waals surface area contributed by atoms with Crippen molar-refractivity contribution in [2.75, 3.05) is 5.73 Å². The average molecular weight is 668 g/mol. The second-order valence-electron chi connectivity index (χ2n) is 15.7. The average Bonchev–Trinajstić information content (AvgIpc) is 3.11. The molecule has 7 rings (SSSR count). The Morgan fingerprint density at radius 3 is 1.83 bits per heavy atom. The van der Waals surface area contributed by atoms with E-state index in [9.17, 15) is 0 Å². The zero-order chi connectivity index (χ0) is 33.2. The molecule has 2 fully saturated rings. The topological polar surface area (TPSA) is 26.0 Å². The third-order valence-corrected chi connectivity index (χ3v) is 23.0. The van der Waals surface area contributed by atoms with Crippen LogP contribution in [0.25, 0.3) is 11.1 Å². The fraction of sp³-hybridized carbons (Fsp3) is 0.500. The van der Waals surface area contributed by atoms with Crippen molar-refractivity contribution in [3.05, 3.63) is 108 Å². The second kappa shape index (κ2) is 14.3. The summed E-state index contributed by atoms with van der Waals surface area (Å²) in [6.07, 6.45) is 19.1. The fourth-order valence-corrected chi connectivity index (χ4v) is 20.0. The van der Waals surface area contributed by atoms with E-state index < -0.39 is 5.96 Å². The van der Waals surface area contributed by atoms with Crippen LogP contribution in [-0.4, -0.2) is 17.0 Å². The van der Waals surface area contributed by atoms with Gasteiger partial charge in [-0.25, -0.2) is 0 Å². The number of para-hydroxylation sites is 1. The van der Waals surface area contributed by atoms with Gasteiger partial charge in [0.25, 0.3) is 0 Å². The molecule has 0 saturated heterocycles. The Labute approximate surface area is 291 Å². The summed E-state index contributed by atoms with van der Waals surface area (Å²) < 4.78 is 0. The molecule has 3 aromatic carbocycles.